The summed E-state index contributed by atoms with van der Waals surface area (Å²) in [5.74, 6) is 0.382. The number of nitrogens with one attached hydrogen (secondary N) is 1. The van der Waals surface area contributed by atoms with E-state index in [1.807, 2.05) is 6.92 Å². The second-order valence-corrected chi connectivity index (χ2v) is 6.38. The van der Waals surface area contributed by atoms with Crippen molar-refractivity contribution >= 4 is 39.5 Å². The average Bonchev–Trinajstić information content (AvgIpc) is 2.69. The Balaban J connectivity index is 2.11. The second kappa shape index (κ2) is 11.0. The summed E-state index contributed by atoms with van der Waals surface area (Å²) in [5.41, 5.74) is 4.10. The first-order valence-corrected chi connectivity index (χ1v) is 9.52. The van der Waals surface area contributed by atoms with Crippen LogP contribution in [-0.2, 0) is 9.53 Å². The molecule has 154 valence electrons. The Hall–Kier alpha value is -3.14. The number of nitro groups is 1. The zero-order valence-electron chi connectivity index (χ0n) is 15.9. The summed E-state index contributed by atoms with van der Waals surface area (Å²) in [6.45, 7) is 4.02. The number of nitrogens with zero attached hydrogens (tertiary/aromatic N) is 2. The van der Waals surface area contributed by atoms with Crippen molar-refractivity contribution in [3.63, 3.8) is 0 Å². The number of hydrazone groups is 1. The molecule has 2 aromatic carbocycles. The summed E-state index contributed by atoms with van der Waals surface area (Å²) < 4.78 is 16.6. The molecule has 10 heteroatoms. The van der Waals surface area contributed by atoms with Gasteiger partial charge >= 0.3 is 5.97 Å². The summed E-state index contributed by atoms with van der Waals surface area (Å²) >= 11 is 3.44. The Labute approximate surface area is 175 Å². The van der Waals surface area contributed by atoms with Gasteiger partial charge in [0.25, 0.3) is 5.69 Å². The lowest BCUT2D eigenvalue weighted by Crippen LogP contribution is -2.15. The van der Waals surface area contributed by atoms with E-state index in [2.05, 4.69) is 26.5 Å². The van der Waals surface area contributed by atoms with Crippen molar-refractivity contribution in [2.24, 2.45) is 5.10 Å². The van der Waals surface area contributed by atoms with Gasteiger partial charge in [-0.2, -0.15) is 5.10 Å². The molecule has 0 radical (unpaired) electrons. The van der Waals surface area contributed by atoms with Crippen molar-refractivity contribution in [3.05, 3.63) is 56.5 Å². The zero-order valence-corrected chi connectivity index (χ0v) is 17.5. The van der Waals surface area contributed by atoms with Crippen LogP contribution in [0.25, 0.3) is 0 Å². The third-order valence-electron chi connectivity index (χ3n) is 3.49. The predicted molar refractivity (Wildman–Crippen MR) is 112 cm³/mol. The van der Waals surface area contributed by atoms with Gasteiger partial charge < -0.3 is 14.2 Å². The van der Waals surface area contributed by atoms with Crippen molar-refractivity contribution in [3.8, 4) is 11.5 Å². The van der Waals surface area contributed by atoms with Crippen LogP contribution in [-0.4, -0.2) is 36.9 Å². The molecule has 0 aliphatic carbocycles. The van der Waals surface area contributed by atoms with Gasteiger partial charge in [0, 0.05) is 22.2 Å². The first-order valence-electron chi connectivity index (χ1n) is 8.72. The van der Waals surface area contributed by atoms with E-state index in [1.54, 1.807) is 37.4 Å². The molecule has 0 saturated carbocycles. The van der Waals surface area contributed by atoms with Gasteiger partial charge in [0.2, 0.25) is 0 Å². The van der Waals surface area contributed by atoms with Crippen molar-refractivity contribution in [2.45, 2.75) is 13.8 Å². The van der Waals surface area contributed by atoms with Crippen LogP contribution in [0, 0.1) is 10.1 Å². The SMILES string of the molecule is CCOC(=O)COc1cc(Br)c(/C=N/Nc2ccc([N+](=O)[O-])cc2)cc1OCC. The van der Waals surface area contributed by atoms with Crippen LogP contribution in [0.15, 0.2) is 46.0 Å². The highest BCUT2D eigenvalue weighted by Gasteiger charge is 2.12. The van der Waals surface area contributed by atoms with E-state index >= 15 is 0 Å². The number of carbonyl (C=O) groups is 1. The highest BCUT2D eigenvalue weighted by molar-refractivity contribution is 9.10. The van der Waals surface area contributed by atoms with Crippen LogP contribution in [0.5, 0.6) is 11.5 Å². The van der Waals surface area contributed by atoms with E-state index in [4.69, 9.17) is 14.2 Å². The van der Waals surface area contributed by atoms with Gasteiger partial charge in [0.15, 0.2) is 18.1 Å². The quantitative estimate of drug-likeness (QED) is 0.242. The lowest BCUT2D eigenvalue weighted by atomic mass is 10.2. The summed E-state index contributed by atoms with van der Waals surface area (Å²) in [6, 6.07) is 9.28. The molecule has 2 aromatic rings. The first-order chi connectivity index (χ1) is 13.9. The molecule has 2 rings (SSSR count). The average molecular weight is 466 g/mol. The van der Waals surface area contributed by atoms with E-state index in [0.29, 0.717) is 33.8 Å². The molecule has 0 aliphatic rings. The topological polar surface area (TPSA) is 112 Å². The number of carbonyl (C=O) groups excluding carboxylic acids is 1. The third-order valence-corrected chi connectivity index (χ3v) is 4.18. The fourth-order valence-corrected chi connectivity index (χ4v) is 2.63. The largest absolute Gasteiger partial charge is 0.490 e. The van der Waals surface area contributed by atoms with E-state index in [-0.39, 0.29) is 18.9 Å². The lowest BCUT2D eigenvalue weighted by Gasteiger charge is -2.13. The van der Waals surface area contributed by atoms with Crippen molar-refractivity contribution in [2.75, 3.05) is 25.2 Å². The number of esters is 1. The van der Waals surface area contributed by atoms with Gasteiger partial charge in [0.1, 0.15) is 0 Å². The molecular weight excluding hydrogens is 446 g/mol. The number of nitro benzene ring substituents is 1. The number of hydrogen-bond acceptors (Lipinski definition) is 8. The monoisotopic (exact) mass is 465 g/mol. The molecule has 0 amide bonds. The Kier molecular flexibility index (Phi) is 8.41. The normalized spacial score (nSPS) is 10.6. The molecular formula is C19H20BrN3O6. The molecule has 0 atom stereocenters. The minimum absolute atomic E-state index is 0.00189. The minimum atomic E-state index is -0.469. The molecule has 0 aromatic heterocycles. The maximum atomic E-state index is 11.5. The lowest BCUT2D eigenvalue weighted by molar-refractivity contribution is -0.384. The van der Waals surface area contributed by atoms with Crippen molar-refractivity contribution < 1.29 is 23.9 Å². The van der Waals surface area contributed by atoms with Gasteiger partial charge in [-0.1, -0.05) is 0 Å². The van der Waals surface area contributed by atoms with Crippen LogP contribution in [0.4, 0.5) is 11.4 Å². The van der Waals surface area contributed by atoms with E-state index in [1.165, 1.54) is 12.1 Å². The summed E-state index contributed by atoms with van der Waals surface area (Å²) in [7, 11) is 0. The number of non-ortho nitro benzene ring substituents is 1. The van der Waals surface area contributed by atoms with Crippen molar-refractivity contribution in [1.82, 2.24) is 0 Å². The first kappa shape index (κ1) is 22.2. The Morgan fingerprint density at radius 3 is 2.48 bits per heavy atom. The van der Waals surface area contributed by atoms with Crippen LogP contribution in [0.1, 0.15) is 19.4 Å². The molecule has 29 heavy (non-hydrogen) atoms. The smallest absolute Gasteiger partial charge is 0.344 e. The van der Waals surface area contributed by atoms with Gasteiger partial charge in [0.05, 0.1) is 30.0 Å². The molecule has 0 spiro atoms. The predicted octanol–water partition coefficient (Wildman–Crippen LogP) is 4.14. The van der Waals surface area contributed by atoms with E-state index in [9.17, 15) is 14.9 Å². The van der Waals surface area contributed by atoms with Crippen molar-refractivity contribution in [1.29, 1.82) is 0 Å². The Morgan fingerprint density at radius 1 is 1.17 bits per heavy atom. The molecule has 0 bridgehead atoms. The zero-order chi connectivity index (χ0) is 21.2. The van der Waals surface area contributed by atoms with Gasteiger partial charge in [-0.15, -0.1) is 0 Å². The van der Waals surface area contributed by atoms with E-state index in [0.717, 1.165) is 0 Å². The number of anilines is 1. The fraction of sp³-hybridized carbons (Fsp3) is 0.263. The summed E-state index contributed by atoms with van der Waals surface area (Å²) in [5, 5.41) is 14.8. The maximum Gasteiger partial charge on any atom is 0.344 e. The Bertz CT molecular complexity index is 886. The van der Waals surface area contributed by atoms with E-state index < -0.39 is 10.9 Å². The Morgan fingerprint density at radius 2 is 1.86 bits per heavy atom. The standard InChI is InChI=1S/C19H20BrN3O6/c1-3-27-17-9-13(16(20)10-18(17)29-12-19(24)28-4-2)11-21-22-14-5-7-15(8-6-14)23(25)26/h5-11,22H,3-4,12H2,1-2H3/b21-11+. The highest BCUT2D eigenvalue weighted by Crippen LogP contribution is 2.33. The second-order valence-electron chi connectivity index (χ2n) is 5.52. The molecule has 0 heterocycles. The van der Waals surface area contributed by atoms with Crippen LogP contribution >= 0.6 is 15.9 Å². The van der Waals surface area contributed by atoms with Gasteiger partial charge in [-0.3, -0.25) is 15.5 Å². The maximum absolute atomic E-state index is 11.5. The number of halogens is 1. The molecule has 0 fully saturated rings. The van der Waals surface area contributed by atoms with Crippen LogP contribution < -0.4 is 14.9 Å². The molecule has 1 N–H and O–H groups in total. The summed E-state index contributed by atoms with van der Waals surface area (Å²) in [4.78, 5) is 21.7. The van der Waals surface area contributed by atoms with Crippen LogP contribution in [0.2, 0.25) is 0 Å². The highest BCUT2D eigenvalue weighted by atomic mass is 79.9. The summed E-state index contributed by atoms with van der Waals surface area (Å²) in [6.07, 6.45) is 1.56. The number of ether oxygens (including phenoxy) is 3. The number of hydrogen-bond donors (Lipinski definition) is 1. The molecule has 0 unspecified atom stereocenters. The molecule has 0 saturated heterocycles. The molecule has 9 nitrogen and oxygen atoms in total. The molecule has 0 aliphatic heterocycles. The fourth-order valence-electron chi connectivity index (χ4n) is 2.20. The van der Waals surface area contributed by atoms with Gasteiger partial charge in [-0.25, -0.2) is 4.79 Å². The minimum Gasteiger partial charge on any atom is -0.490 e. The third kappa shape index (κ3) is 6.75. The van der Waals surface area contributed by atoms with Crippen LogP contribution in [0.3, 0.4) is 0 Å². The number of benzene rings is 2. The van der Waals surface area contributed by atoms with Gasteiger partial charge in [-0.05, 0) is 54.0 Å². The number of rotatable bonds is 10.